The number of nitrogens with zero attached hydrogens (tertiary/aromatic N) is 2. The van der Waals surface area contributed by atoms with Gasteiger partial charge in [0.15, 0.2) is 0 Å². The summed E-state index contributed by atoms with van der Waals surface area (Å²) in [5, 5.41) is 8.94. The first-order valence-corrected chi connectivity index (χ1v) is 6.78. The minimum absolute atomic E-state index is 0.0411. The normalized spacial score (nSPS) is 23.0. The molecule has 0 radical (unpaired) electrons. The Kier molecular flexibility index (Phi) is 5.47. The van der Waals surface area contributed by atoms with Crippen LogP contribution >= 0.6 is 0 Å². The van der Waals surface area contributed by atoms with Gasteiger partial charge in [0.1, 0.15) is 5.92 Å². The van der Waals surface area contributed by atoms with Gasteiger partial charge in [0, 0.05) is 13.1 Å². The van der Waals surface area contributed by atoms with Gasteiger partial charge in [0.05, 0.1) is 6.07 Å². The van der Waals surface area contributed by atoms with Crippen LogP contribution in [0.15, 0.2) is 0 Å². The molecule has 1 aliphatic heterocycles. The van der Waals surface area contributed by atoms with Crippen LogP contribution < -0.4 is 0 Å². The number of carbonyl (C=O) groups is 1. The molecule has 0 saturated carbocycles. The minimum Gasteiger partial charge on any atom is -0.342 e. The van der Waals surface area contributed by atoms with Gasteiger partial charge in [-0.15, -0.1) is 0 Å². The molecule has 0 N–H and O–H groups in total. The summed E-state index contributed by atoms with van der Waals surface area (Å²) in [6, 6.07) is 2.11. The molecule has 1 saturated heterocycles. The van der Waals surface area contributed by atoms with Crippen LogP contribution in [0.25, 0.3) is 0 Å². The average molecular weight is 236 g/mol. The molecular formula is C14H24N2O. The maximum Gasteiger partial charge on any atom is 0.239 e. The van der Waals surface area contributed by atoms with E-state index < -0.39 is 5.92 Å². The second-order valence-corrected chi connectivity index (χ2v) is 5.35. The Morgan fingerprint density at radius 1 is 1.41 bits per heavy atom. The van der Waals surface area contributed by atoms with Crippen LogP contribution in [0.5, 0.6) is 0 Å². The third-order valence-electron chi connectivity index (χ3n) is 3.89. The van der Waals surface area contributed by atoms with Crippen molar-refractivity contribution < 1.29 is 4.79 Å². The molecule has 3 heteroatoms. The molecule has 1 fully saturated rings. The zero-order valence-electron chi connectivity index (χ0n) is 11.3. The Morgan fingerprint density at radius 3 is 2.65 bits per heavy atom. The fourth-order valence-electron chi connectivity index (χ4n) is 2.55. The van der Waals surface area contributed by atoms with Gasteiger partial charge >= 0.3 is 0 Å². The molecule has 0 aromatic rings. The highest BCUT2D eigenvalue weighted by Crippen LogP contribution is 2.25. The van der Waals surface area contributed by atoms with E-state index in [2.05, 4.69) is 19.9 Å². The molecule has 3 nitrogen and oxygen atoms in total. The SMILES string of the molecule is CCC(C#N)C(=O)N1CCCC(C(C)C)CC1. The second kappa shape index (κ2) is 6.64. The monoisotopic (exact) mass is 236 g/mol. The predicted molar refractivity (Wildman–Crippen MR) is 68.2 cm³/mol. The van der Waals surface area contributed by atoms with E-state index in [1.54, 1.807) is 0 Å². The maximum atomic E-state index is 12.1. The van der Waals surface area contributed by atoms with Gasteiger partial charge in [0.2, 0.25) is 5.91 Å². The summed E-state index contributed by atoms with van der Waals surface area (Å²) < 4.78 is 0. The zero-order valence-corrected chi connectivity index (χ0v) is 11.3. The molecular weight excluding hydrogens is 212 g/mol. The molecule has 0 aliphatic carbocycles. The van der Waals surface area contributed by atoms with E-state index in [9.17, 15) is 4.79 Å². The van der Waals surface area contributed by atoms with Crippen molar-refractivity contribution in [2.24, 2.45) is 17.8 Å². The van der Waals surface area contributed by atoms with Crippen LogP contribution in [0.3, 0.4) is 0 Å². The highest BCUT2D eigenvalue weighted by molar-refractivity contribution is 5.81. The predicted octanol–water partition coefficient (Wildman–Crippen LogP) is 2.82. The van der Waals surface area contributed by atoms with Crippen LogP contribution in [-0.4, -0.2) is 23.9 Å². The van der Waals surface area contributed by atoms with E-state index in [-0.39, 0.29) is 5.91 Å². The van der Waals surface area contributed by atoms with E-state index in [1.807, 2.05) is 11.8 Å². The van der Waals surface area contributed by atoms with Crippen LogP contribution in [0.2, 0.25) is 0 Å². The Morgan fingerprint density at radius 2 is 2.12 bits per heavy atom. The van der Waals surface area contributed by atoms with E-state index in [0.717, 1.165) is 31.8 Å². The molecule has 2 unspecified atom stereocenters. The first-order valence-electron chi connectivity index (χ1n) is 6.78. The minimum atomic E-state index is -0.439. The summed E-state index contributed by atoms with van der Waals surface area (Å²) in [5.74, 6) is 1.03. The Bertz CT molecular complexity index is 293. The summed E-state index contributed by atoms with van der Waals surface area (Å²) in [4.78, 5) is 14.0. The smallest absolute Gasteiger partial charge is 0.239 e. The number of hydrogen-bond acceptors (Lipinski definition) is 2. The van der Waals surface area contributed by atoms with E-state index >= 15 is 0 Å². The molecule has 1 rings (SSSR count). The second-order valence-electron chi connectivity index (χ2n) is 5.35. The molecule has 1 amide bonds. The summed E-state index contributed by atoms with van der Waals surface area (Å²) in [6.45, 7) is 8.08. The third kappa shape index (κ3) is 3.73. The van der Waals surface area contributed by atoms with E-state index in [0.29, 0.717) is 12.3 Å². The van der Waals surface area contributed by atoms with Gasteiger partial charge < -0.3 is 4.90 Å². The maximum absolute atomic E-state index is 12.1. The lowest BCUT2D eigenvalue weighted by Gasteiger charge is -2.23. The molecule has 0 bridgehead atoms. The quantitative estimate of drug-likeness (QED) is 0.756. The molecule has 2 atom stereocenters. The van der Waals surface area contributed by atoms with Crippen molar-refractivity contribution in [2.75, 3.05) is 13.1 Å². The number of rotatable bonds is 3. The van der Waals surface area contributed by atoms with Crippen molar-refractivity contribution in [2.45, 2.75) is 46.5 Å². The molecule has 1 aliphatic rings. The molecule has 17 heavy (non-hydrogen) atoms. The van der Waals surface area contributed by atoms with Gasteiger partial charge in [-0.3, -0.25) is 4.79 Å². The van der Waals surface area contributed by atoms with Gasteiger partial charge in [0.25, 0.3) is 0 Å². The summed E-state index contributed by atoms with van der Waals surface area (Å²) in [5.41, 5.74) is 0. The topological polar surface area (TPSA) is 44.1 Å². The summed E-state index contributed by atoms with van der Waals surface area (Å²) in [7, 11) is 0. The molecule has 96 valence electrons. The van der Waals surface area contributed by atoms with Crippen molar-refractivity contribution in [3.8, 4) is 6.07 Å². The van der Waals surface area contributed by atoms with Gasteiger partial charge in [-0.1, -0.05) is 20.8 Å². The fraction of sp³-hybridized carbons (Fsp3) is 0.857. The van der Waals surface area contributed by atoms with Crippen molar-refractivity contribution in [1.82, 2.24) is 4.90 Å². The van der Waals surface area contributed by atoms with Crippen LogP contribution in [0.4, 0.5) is 0 Å². The standard InChI is InChI=1S/C14H24N2O/c1-4-12(10-15)14(17)16-8-5-6-13(7-9-16)11(2)3/h11-13H,4-9H2,1-3H3. The summed E-state index contributed by atoms with van der Waals surface area (Å²) in [6.07, 6.45) is 4.01. The lowest BCUT2D eigenvalue weighted by molar-refractivity contribution is -0.133. The zero-order chi connectivity index (χ0) is 12.8. The van der Waals surface area contributed by atoms with Crippen LogP contribution in [0.1, 0.15) is 46.5 Å². The molecule has 0 aromatic carbocycles. The number of nitriles is 1. The lowest BCUT2D eigenvalue weighted by atomic mass is 9.89. The number of hydrogen-bond donors (Lipinski definition) is 0. The molecule has 1 heterocycles. The lowest BCUT2D eigenvalue weighted by Crippen LogP contribution is -2.36. The van der Waals surface area contributed by atoms with E-state index in [1.165, 1.54) is 6.42 Å². The summed E-state index contributed by atoms with van der Waals surface area (Å²) >= 11 is 0. The first kappa shape index (κ1) is 14.0. The van der Waals surface area contributed by atoms with Gasteiger partial charge in [-0.05, 0) is 37.5 Å². The molecule has 0 aromatic heterocycles. The van der Waals surface area contributed by atoms with Crippen molar-refractivity contribution in [1.29, 1.82) is 5.26 Å². The third-order valence-corrected chi connectivity index (χ3v) is 3.89. The fourth-order valence-corrected chi connectivity index (χ4v) is 2.55. The van der Waals surface area contributed by atoms with Gasteiger partial charge in [-0.2, -0.15) is 5.26 Å². The van der Waals surface area contributed by atoms with Crippen molar-refractivity contribution >= 4 is 5.91 Å². The largest absolute Gasteiger partial charge is 0.342 e. The van der Waals surface area contributed by atoms with Crippen molar-refractivity contribution in [3.63, 3.8) is 0 Å². The Balaban J connectivity index is 2.57. The highest BCUT2D eigenvalue weighted by atomic mass is 16.2. The van der Waals surface area contributed by atoms with Crippen LogP contribution in [-0.2, 0) is 4.79 Å². The first-order chi connectivity index (χ1) is 8.10. The Hall–Kier alpha value is -1.04. The number of likely N-dealkylation sites (tertiary alicyclic amines) is 1. The van der Waals surface area contributed by atoms with Crippen LogP contribution in [0, 0.1) is 29.1 Å². The highest BCUT2D eigenvalue weighted by Gasteiger charge is 2.26. The Labute approximate surface area is 105 Å². The average Bonchev–Trinajstić information content (AvgIpc) is 2.55. The number of carbonyl (C=O) groups excluding carboxylic acids is 1. The van der Waals surface area contributed by atoms with E-state index in [4.69, 9.17) is 5.26 Å². The number of amides is 1. The molecule has 0 spiro atoms. The van der Waals surface area contributed by atoms with Gasteiger partial charge in [-0.25, -0.2) is 0 Å². The van der Waals surface area contributed by atoms with Crippen molar-refractivity contribution in [3.05, 3.63) is 0 Å².